The molecule has 0 aromatic heterocycles. The summed E-state index contributed by atoms with van der Waals surface area (Å²) in [4.78, 5) is 12.3. The summed E-state index contributed by atoms with van der Waals surface area (Å²) < 4.78 is 12.9. The number of benzene rings is 1. The van der Waals surface area contributed by atoms with E-state index in [0.717, 1.165) is 17.3 Å². The first-order valence-electron chi connectivity index (χ1n) is 6.55. The predicted molar refractivity (Wildman–Crippen MR) is 75.7 cm³/mol. The lowest BCUT2D eigenvalue weighted by atomic mass is 9.78. The van der Waals surface area contributed by atoms with Crippen molar-refractivity contribution < 1.29 is 14.3 Å². The Kier molecular flexibility index (Phi) is 2.98. The molecule has 19 heavy (non-hydrogen) atoms. The SMILES string of the molecule is CC1(C)CC2(CCO1)CC(=O)c1ccc(Br)cc1O2. The molecular weight excluding hydrogens is 308 g/mol. The Hall–Kier alpha value is -0.870. The van der Waals surface area contributed by atoms with Crippen molar-refractivity contribution in [1.29, 1.82) is 0 Å². The van der Waals surface area contributed by atoms with Gasteiger partial charge >= 0.3 is 0 Å². The molecule has 4 heteroatoms. The van der Waals surface area contributed by atoms with Crippen molar-refractivity contribution in [2.45, 2.75) is 44.3 Å². The Labute approximate surface area is 121 Å². The summed E-state index contributed by atoms with van der Waals surface area (Å²) >= 11 is 3.43. The Bertz CT molecular complexity index is 538. The molecule has 3 nitrogen and oxygen atoms in total. The molecule has 0 radical (unpaired) electrons. The third-order valence-corrected chi connectivity index (χ3v) is 4.34. The number of carbonyl (C=O) groups is 1. The molecule has 1 spiro atoms. The molecule has 1 unspecified atom stereocenters. The number of hydrogen-bond donors (Lipinski definition) is 0. The van der Waals surface area contributed by atoms with Gasteiger partial charge in [0, 0.05) is 17.3 Å². The molecule has 1 aromatic rings. The average Bonchev–Trinajstić information content (AvgIpc) is 2.25. The van der Waals surface area contributed by atoms with E-state index in [1.165, 1.54) is 0 Å². The third kappa shape index (κ3) is 2.43. The molecule has 0 saturated carbocycles. The van der Waals surface area contributed by atoms with Crippen molar-refractivity contribution in [3.63, 3.8) is 0 Å². The molecule has 3 rings (SSSR count). The first-order valence-corrected chi connectivity index (χ1v) is 7.34. The van der Waals surface area contributed by atoms with Gasteiger partial charge in [-0.1, -0.05) is 15.9 Å². The Balaban J connectivity index is 1.98. The van der Waals surface area contributed by atoms with Crippen molar-refractivity contribution in [2.75, 3.05) is 6.61 Å². The lowest BCUT2D eigenvalue weighted by Gasteiger charge is -2.46. The summed E-state index contributed by atoms with van der Waals surface area (Å²) in [5.41, 5.74) is 0.0624. The van der Waals surface area contributed by atoms with E-state index in [1.54, 1.807) is 0 Å². The second-order valence-corrected chi connectivity index (χ2v) is 6.98. The molecule has 2 aliphatic rings. The zero-order valence-corrected chi connectivity index (χ0v) is 12.7. The Morgan fingerprint density at radius 2 is 2.11 bits per heavy atom. The van der Waals surface area contributed by atoms with Gasteiger partial charge in [0.05, 0.1) is 24.2 Å². The molecule has 1 saturated heterocycles. The van der Waals surface area contributed by atoms with Gasteiger partial charge in [-0.15, -0.1) is 0 Å². The van der Waals surface area contributed by atoms with E-state index in [-0.39, 0.29) is 11.4 Å². The highest BCUT2D eigenvalue weighted by molar-refractivity contribution is 9.10. The molecule has 1 aromatic carbocycles. The predicted octanol–water partition coefficient (Wildman–Crippen LogP) is 3.74. The van der Waals surface area contributed by atoms with Gasteiger partial charge in [0.1, 0.15) is 11.4 Å². The summed E-state index contributed by atoms with van der Waals surface area (Å²) in [6.45, 7) is 4.75. The zero-order valence-electron chi connectivity index (χ0n) is 11.2. The molecule has 1 fully saturated rings. The Morgan fingerprint density at radius 3 is 2.84 bits per heavy atom. The van der Waals surface area contributed by atoms with Gasteiger partial charge in [-0.05, 0) is 32.0 Å². The lowest BCUT2D eigenvalue weighted by Crippen LogP contribution is -2.52. The van der Waals surface area contributed by atoms with Crippen molar-refractivity contribution in [1.82, 2.24) is 0 Å². The molecule has 1 atom stereocenters. The van der Waals surface area contributed by atoms with Crippen LogP contribution in [0.2, 0.25) is 0 Å². The van der Waals surface area contributed by atoms with E-state index in [2.05, 4.69) is 29.8 Å². The highest BCUT2D eigenvalue weighted by Gasteiger charge is 2.47. The van der Waals surface area contributed by atoms with Gasteiger partial charge < -0.3 is 9.47 Å². The minimum atomic E-state index is -0.396. The van der Waals surface area contributed by atoms with Gasteiger partial charge in [-0.2, -0.15) is 0 Å². The van der Waals surface area contributed by atoms with Gasteiger partial charge in [-0.25, -0.2) is 0 Å². The normalized spacial score (nSPS) is 28.9. The summed E-state index contributed by atoms with van der Waals surface area (Å²) in [5.74, 6) is 0.870. The molecule has 0 N–H and O–H groups in total. The summed E-state index contributed by atoms with van der Waals surface area (Å²) in [5, 5.41) is 0. The number of hydrogen-bond acceptors (Lipinski definition) is 3. The van der Waals surface area contributed by atoms with Crippen molar-refractivity contribution >= 4 is 21.7 Å². The van der Waals surface area contributed by atoms with Crippen LogP contribution in [0.25, 0.3) is 0 Å². The maximum absolute atomic E-state index is 12.3. The smallest absolute Gasteiger partial charge is 0.170 e. The van der Waals surface area contributed by atoms with E-state index < -0.39 is 5.60 Å². The minimum Gasteiger partial charge on any atom is -0.486 e. The minimum absolute atomic E-state index is 0.173. The van der Waals surface area contributed by atoms with Gasteiger partial charge in [0.15, 0.2) is 5.78 Å². The topological polar surface area (TPSA) is 35.5 Å². The quantitative estimate of drug-likeness (QED) is 0.729. The number of fused-ring (bicyclic) bond motifs is 1. The molecule has 0 bridgehead atoms. The van der Waals surface area contributed by atoms with Gasteiger partial charge in [0.2, 0.25) is 0 Å². The fourth-order valence-corrected chi connectivity index (χ4v) is 3.47. The van der Waals surface area contributed by atoms with Crippen LogP contribution >= 0.6 is 15.9 Å². The van der Waals surface area contributed by atoms with Crippen LogP contribution in [0.5, 0.6) is 5.75 Å². The van der Waals surface area contributed by atoms with Gasteiger partial charge in [0.25, 0.3) is 0 Å². The maximum atomic E-state index is 12.3. The number of rotatable bonds is 0. The van der Waals surface area contributed by atoms with E-state index in [0.29, 0.717) is 24.3 Å². The van der Waals surface area contributed by atoms with E-state index in [4.69, 9.17) is 9.47 Å². The monoisotopic (exact) mass is 324 g/mol. The fourth-order valence-electron chi connectivity index (χ4n) is 3.13. The number of ketones is 1. The highest BCUT2D eigenvalue weighted by atomic mass is 79.9. The van der Waals surface area contributed by atoms with Crippen molar-refractivity contribution in [2.24, 2.45) is 0 Å². The molecule has 2 aliphatic heterocycles. The highest BCUT2D eigenvalue weighted by Crippen LogP contribution is 2.43. The van der Waals surface area contributed by atoms with Crippen LogP contribution in [-0.4, -0.2) is 23.6 Å². The van der Waals surface area contributed by atoms with E-state index >= 15 is 0 Å². The molecule has 2 heterocycles. The van der Waals surface area contributed by atoms with E-state index in [9.17, 15) is 4.79 Å². The largest absolute Gasteiger partial charge is 0.486 e. The van der Waals surface area contributed by atoms with Crippen molar-refractivity contribution in [3.8, 4) is 5.75 Å². The van der Waals surface area contributed by atoms with E-state index in [1.807, 2.05) is 18.2 Å². The molecule has 0 aliphatic carbocycles. The third-order valence-electron chi connectivity index (χ3n) is 3.85. The zero-order chi connectivity index (χ0) is 13.7. The number of Topliss-reactive ketones (excluding diaryl/α,β-unsaturated/α-hetero) is 1. The van der Waals surface area contributed by atoms with Crippen LogP contribution < -0.4 is 4.74 Å². The molecular formula is C15H17BrO3. The first kappa shape index (κ1) is 13.1. The maximum Gasteiger partial charge on any atom is 0.170 e. The number of carbonyl (C=O) groups excluding carboxylic acids is 1. The van der Waals surface area contributed by atoms with Crippen molar-refractivity contribution in [3.05, 3.63) is 28.2 Å². The standard InChI is InChI=1S/C15H17BrO3/c1-14(2)9-15(5-6-18-14)8-12(17)11-4-3-10(16)7-13(11)19-15/h3-4,7H,5-6,8-9H2,1-2H3. The van der Waals surface area contributed by atoms with Crippen LogP contribution in [-0.2, 0) is 4.74 Å². The molecule has 102 valence electrons. The fraction of sp³-hybridized carbons (Fsp3) is 0.533. The second kappa shape index (κ2) is 4.32. The van der Waals surface area contributed by atoms with Crippen LogP contribution in [0.15, 0.2) is 22.7 Å². The summed E-state index contributed by atoms with van der Waals surface area (Å²) in [7, 11) is 0. The summed E-state index contributed by atoms with van der Waals surface area (Å²) in [6, 6.07) is 5.60. The molecule has 0 amide bonds. The van der Waals surface area contributed by atoms with Crippen LogP contribution in [0.3, 0.4) is 0 Å². The average molecular weight is 325 g/mol. The van der Waals surface area contributed by atoms with Crippen LogP contribution in [0.4, 0.5) is 0 Å². The van der Waals surface area contributed by atoms with Crippen LogP contribution in [0.1, 0.15) is 43.5 Å². The Morgan fingerprint density at radius 1 is 1.32 bits per heavy atom. The summed E-state index contributed by atoms with van der Waals surface area (Å²) in [6.07, 6.45) is 1.97. The van der Waals surface area contributed by atoms with Crippen LogP contribution in [0, 0.1) is 0 Å². The van der Waals surface area contributed by atoms with Gasteiger partial charge in [-0.3, -0.25) is 4.79 Å². The number of ether oxygens (including phenoxy) is 2. The lowest BCUT2D eigenvalue weighted by molar-refractivity contribution is -0.134. The first-order chi connectivity index (χ1) is 8.89. The second-order valence-electron chi connectivity index (χ2n) is 6.06. The number of halogens is 1.